The van der Waals surface area contributed by atoms with Crippen LogP contribution >= 0.6 is 0 Å². The number of anilines is 1. The third kappa shape index (κ3) is 8.08. The van der Waals surface area contributed by atoms with Crippen LogP contribution in [-0.2, 0) is 23.8 Å². The molecule has 0 aliphatic carbocycles. The minimum absolute atomic E-state index is 0.131. The van der Waals surface area contributed by atoms with Crippen LogP contribution < -0.4 is 15.0 Å². The van der Waals surface area contributed by atoms with E-state index in [0.717, 1.165) is 0 Å². The van der Waals surface area contributed by atoms with Gasteiger partial charge in [0.05, 0.1) is 18.3 Å². The summed E-state index contributed by atoms with van der Waals surface area (Å²) in [5.74, 6) is -0.258. The number of fused-ring (bicyclic) bond motifs is 1. The average molecular weight is 605 g/mol. The lowest BCUT2D eigenvalue weighted by Gasteiger charge is -2.42. The maximum absolute atomic E-state index is 14.2. The summed E-state index contributed by atoms with van der Waals surface area (Å²) in [4.78, 5) is 68.2. The molecular formula is C30H44N4O9. The fourth-order valence-corrected chi connectivity index (χ4v) is 5.35. The van der Waals surface area contributed by atoms with Crippen molar-refractivity contribution in [2.45, 2.75) is 92.2 Å². The molecule has 1 N–H and O–H groups in total. The van der Waals surface area contributed by atoms with Crippen molar-refractivity contribution >= 4 is 35.7 Å². The smallest absolute Gasteiger partial charge is 0.476 e. The first-order chi connectivity index (χ1) is 20.2. The van der Waals surface area contributed by atoms with Gasteiger partial charge in [0.25, 0.3) is 11.8 Å². The van der Waals surface area contributed by atoms with E-state index in [2.05, 4.69) is 5.32 Å². The highest BCUT2D eigenvalue weighted by Crippen LogP contribution is 2.40. The van der Waals surface area contributed by atoms with Crippen molar-refractivity contribution in [3.63, 3.8) is 0 Å². The third-order valence-electron chi connectivity index (χ3n) is 7.29. The number of benzene rings is 1. The molecule has 1 fully saturated rings. The molecule has 2 heterocycles. The first kappa shape index (κ1) is 33.5. The molecule has 0 bridgehead atoms. The van der Waals surface area contributed by atoms with Crippen LogP contribution in [0.5, 0.6) is 5.75 Å². The van der Waals surface area contributed by atoms with Crippen molar-refractivity contribution < 1.29 is 42.9 Å². The van der Waals surface area contributed by atoms with Gasteiger partial charge in [0, 0.05) is 51.6 Å². The number of amides is 4. The predicted octanol–water partition coefficient (Wildman–Crippen LogP) is 3.61. The standard InChI is InChI=1S/C30H44N4O9/c1-9-40-29(39)42-21(6)41-28(38)32-13-10-11-22(17-32)34(18(2)3)26(36)23-16-24-25(15-19(23)4)43-30(7,8)27(37)33(24)14-12-31-20(5)35/h15-16,18,21-22H,9-14,17H2,1-8H3,(H,31,35)/t21-,22+/m0/s1. The Kier molecular flexibility index (Phi) is 10.9. The molecule has 1 aromatic carbocycles. The van der Waals surface area contributed by atoms with Crippen LogP contribution in [0.15, 0.2) is 12.1 Å². The van der Waals surface area contributed by atoms with Crippen molar-refractivity contribution in [2.75, 3.05) is 37.7 Å². The fourth-order valence-electron chi connectivity index (χ4n) is 5.35. The highest BCUT2D eigenvalue weighted by atomic mass is 16.8. The first-order valence-corrected chi connectivity index (χ1v) is 14.7. The molecule has 1 aromatic rings. The minimum Gasteiger partial charge on any atom is -0.476 e. The quantitative estimate of drug-likeness (QED) is 0.330. The second-order valence-corrected chi connectivity index (χ2v) is 11.5. The topological polar surface area (TPSA) is 144 Å². The number of piperidine rings is 1. The van der Waals surface area contributed by atoms with E-state index in [1.54, 1.807) is 42.7 Å². The van der Waals surface area contributed by atoms with Crippen LogP contribution in [0.2, 0.25) is 0 Å². The van der Waals surface area contributed by atoms with Gasteiger partial charge in [0.1, 0.15) is 5.75 Å². The summed E-state index contributed by atoms with van der Waals surface area (Å²) < 4.78 is 21.0. The Morgan fingerprint density at radius 1 is 1.16 bits per heavy atom. The van der Waals surface area contributed by atoms with Gasteiger partial charge >= 0.3 is 12.2 Å². The number of nitrogens with one attached hydrogen (secondary N) is 1. The molecule has 0 saturated carbocycles. The molecule has 43 heavy (non-hydrogen) atoms. The van der Waals surface area contributed by atoms with Gasteiger partial charge in [0.2, 0.25) is 12.2 Å². The molecule has 1 saturated heterocycles. The van der Waals surface area contributed by atoms with Gasteiger partial charge in [-0.3, -0.25) is 14.4 Å². The molecule has 3 rings (SSSR count). The first-order valence-electron chi connectivity index (χ1n) is 14.7. The van der Waals surface area contributed by atoms with Crippen molar-refractivity contribution in [3.8, 4) is 5.75 Å². The van der Waals surface area contributed by atoms with Gasteiger partial charge < -0.3 is 39.0 Å². The van der Waals surface area contributed by atoms with Crippen LogP contribution in [-0.4, -0.2) is 96.5 Å². The normalized spacial score (nSPS) is 18.3. The number of likely N-dealkylation sites (tertiary alicyclic amines) is 1. The van der Waals surface area contributed by atoms with E-state index in [4.69, 9.17) is 18.9 Å². The second-order valence-electron chi connectivity index (χ2n) is 11.5. The lowest BCUT2D eigenvalue weighted by Crippen LogP contribution is -2.55. The van der Waals surface area contributed by atoms with Crippen molar-refractivity contribution in [1.29, 1.82) is 0 Å². The van der Waals surface area contributed by atoms with Crippen LogP contribution in [0, 0.1) is 6.92 Å². The molecule has 0 radical (unpaired) electrons. The van der Waals surface area contributed by atoms with Crippen molar-refractivity contribution in [2.24, 2.45) is 0 Å². The molecule has 2 atom stereocenters. The zero-order valence-corrected chi connectivity index (χ0v) is 26.4. The maximum atomic E-state index is 14.2. The summed E-state index contributed by atoms with van der Waals surface area (Å²) >= 11 is 0. The number of aryl methyl sites for hydroxylation is 1. The average Bonchev–Trinajstić information content (AvgIpc) is 2.90. The summed E-state index contributed by atoms with van der Waals surface area (Å²) in [5.41, 5.74) is 0.420. The van der Waals surface area contributed by atoms with Crippen LogP contribution in [0.3, 0.4) is 0 Å². The molecule has 13 heteroatoms. The van der Waals surface area contributed by atoms with Crippen LogP contribution in [0.1, 0.15) is 77.2 Å². The van der Waals surface area contributed by atoms with Crippen molar-refractivity contribution in [3.05, 3.63) is 23.3 Å². The number of ether oxygens (including phenoxy) is 4. The van der Waals surface area contributed by atoms with Crippen LogP contribution in [0.25, 0.3) is 0 Å². The van der Waals surface area contributed by atoms with Gasteiger partial charge in [-0.05, 0) is 72.1 Å². The summed E-state index contributed by atoms with van der Waals surface area (Å²) in [7, 11) is 0. The largest absolute Gasteiger partial charge is 0.511 e. The van der Waals surface area contributed by atoms with Gasteiger partial charge in [0.15, 0.2) is 5.60 Å². The molecule has 2 aliphatic rings. The summed E-state index contributed by atoms with van der Waals surface area (Å²) in [6.07, 6.45) is -1.42. The predicted molar refractivity (Wildman–Crippen MR) is 157 cm³/mol. The van der Waals surface area contributed by atoms with E-state index in [1.165, 1.54) is 18.7 Å². The lowest BCUT2D eigenvalue weighted by molar-refractivity contribution is -0.132. The van der Waals surface area contributed by atoms with Gasteiger partial charge in [-0.2, -0.15) is 0 Å². The van der Waals surface area contributed by atoms with Crippen molar-refractivity contribution in [1.82, 2.24) is 15.1 Å². The third-order valence-corrected chi connectivity index (χ3v) is 7.29. The summed E-state index contributed by atoms with van der Waals surface area (Å²) in [5, 5.41) is 2.71. The monoisotopic (exact) mass is 604 g/mol. The Morgan fingerprint density at radius 2 is 1.86 bits per heavy atom. The number of rotatable bonds is 9. The summed E-state index contributed by atoms with van der Waals surface area (Å²) in [6, 6.07) is 2.92. The maximum Gasteiger partial charge on any atom is 0.511 e. The SMILES string of the molecule is CCOC(=O)O[C@@H](C)OC(=O)N1CCC[C@@H](N(C(=O)c2cc3c(cc2C)OC(C)(C)C(=O)N3CCNC(C)=O)C(C)C)C1. The number of carbonyl (C=O) groups excluding carboxylic acids is 5. The zero-order valence-electron chi connectivity index (χ0n) is 26.4. The molecule has 4 amide bonds. The molecule has 238 valence electrons. The molecule has 2 aliphatic heterocycles. The lowest BCUT2D eigenvalue weighted by atomic mass is 9.97. The Hall–Kier alpha value is -4.03. The van der Waals surface area contributed by atoms with E-state index >= 15 is 0 Å². The zero-order chi connectivity index (χ0) is 32.1. The van der Waals surface area contributed by atoms with E-state index < -0.39 is 24.1 Å². The van der Waals surface area contributed by atoms with Gasteiger partial charge in [-0.15, -0.1) is 0 Å². The number of nitrogens with zero attached hydrogens (tertiary/aromatic N) is 3. The van der Waals surface area contributed by atoms with E-state index in [9.17, 15) is 24.0 Å². The number of hydrogen-bond donors (Lipinski definition) is 1. The Bertz CT molecular complexity index is 1230. The fraction of sp³-hybridized carbons (Fsp3) is 0.633. The molecule has 0 aromatic heterocycles. The van der Waals surface area contributed by atoms with E-state index in [-0.39, 0.29) is 56.0 Å². The summed E-state index contributed by atoms with van der Waals surface area (Å²) in [6.45, 7) is 14.7. The second kappa shape index (κ2) is 14.0. The molecular weight excluding hydrogens is 560 g/mol. The molecule has 0 unspecified atom stereocenters. The van der Waals surface area contributed by atoms with Crippen LogP contribution in [0.4, 0.5) is 15.3 Å². The highest BCUT2D eigenvalue weighted by Gasteiger charge is 2.42. The molecule has 13 nitrogen and oxygen atoms in total. The number of carbonyl (C=O) groups is 5. The van der Waals surface area contributed by atoms with Gasteiger partial charge in [-0.1, -0.05) is 0 Å². The Labute approximate surface area is 252 Å². The van der Waals surface area contributed by atoms with E-state index in [1.807, 2.05) is 20.8 Å². The van der Waals surface area contributed by atoms with Gasteiger partial charge in [-0.25, -0.2) is 9.59 Å². The Balaban J connectivity index is 1.84. The Morgan fingerprint density at radius 3 is 2.49 bits per heavy atom. The number of hydrogen-bond acceptors (Lipinski definition) is 9. The molecule has 0 spiro atoms. The highest BCUT2D eigenvalue weighted by molar-refractivity contribution is 6.05. The minimum atomic E-state index is -1.14. The van der Waals surface area contributed by atoms with E-state index in [0.29, 0.717) is 42.0 Å².